The molecule has 1 atom stereocenters. The zero-order valence-corrected chi connectivity index (χ0v) is 11.4. The van der Waals surface area contributed by atoms with Gasteiger partial charge in [-0.05, 0) is 12.1 Å². The lowest BCUT2D eigenvalue weighted by Crippen LogP contribution is -2.11. The van der Waals surface area contributed by atoms with Crippen LogP contribution in [0.5, 0.6) is 11.5 Å². The van der Waals surface area contributed by atoms with Gasteiger partial charge in [0.25, 0.3) is 0 Å². The van der Waals surface area contributed by atoms with Crippen LogP contribution in [0, 0.1) is 0 Å². The smallest absolute Gasteiger partial charge is 0.181 e. The van der Waals surface area contributed by atoms with E-state index in [1.165, 1.54) is 12.1 Å². The lowest BCUT2D eigenvalue weighted by Gasteiger charge is -2.17. The molecule has 106 valence electrons. The molecule has 0 saturated heterocycles. The Labute approximate surface area is 117 Å². The fraction of sp³-hybridized carbons (Fsp3) is 0.267. The summed E-state index contributed by atoms with van der Waals surface area (Å²) in [5.74, 6) is 1.24. The summed E-state index contributed by atoms with van der Waals surface area (Å²) in [6.45, 7) is 0.336. The first-order chi connectivity index (χ1) is 9.63. The molecule has 0 bridgehead atoms. The van der Waals surface area contributed by atoms with E-state index in [-0.39, 0.29) is 5.43 Å². The number of rotatable bonds is 5. The molecule has 2 rings (SSSR count). The standard InChI is InChI=1S/C15H17NO4/c1-19-12-3-4-13(15(9-12)20-2)14(18)10-16-7-5-11(17)6-8-16/h3-9,14,18H,10H2,1-2H3. The van der Waals surface area contributed by atoms with Gasteiger partial charge in [0.05, 0.1) is 20.8 Å². The molecule has 0 aliphatic rings. The van der Waals surface area contributed by atoms with Gasteiger partial charge < -0.3 is 19.1 Å². The van der Waals surface area contributed by atoms with Gasteiger partial charge in [0, 0.05) is 36.2 Å². The lowest BCUT2D eigenvalue weighted by molar-refractivity contribution is 0.152. The Balaban J connectivity index is 2.22. The summed E-state index contributed by atoms with van der Waals surface area (Å²) >= 11 is 0. The van der Waals surface area contributed by atoms with Gasteiger partial charge >= 0.3 is 0 Å². The number of aliphatic hydroxyl groups excluding tert-OH is 1. The molecule has 0 fully saturated rings. The zero-order valence-electron chi connectivity index (χ0n) is 11.4. The molecule has 0 amide bonds. The molecular formula is C15H17NO4. The highest BCUT2D eigenvalue weighted by Gasteiger charge is 2.14. The van der Waals surface area contributed by atoms with Crippen molar-refractivity contribution in [2.75, 3.05) is 14.2 Å². The van der Waals surface area contributed by atoms with Crippen LogP contribution in [0.25, 0.3) is 0 Å². The maximum Gasteiger partial charge on any atom is 0.181 e. The highest BCUT2D eigenvalue weighted by Crippen LogP contribution is 2.30. The normalized spacial score (nSPS) is 11.9. The van der Waals surface area contributed by atoms with Crippen molar-refractivity contribution in [2.45, 2.75) is 12.6 Å². The maximum absolute atomic E-state index is 11.0. The second kappa shape index (κ2) is 6.25. The molecule has 5 nitrogen and oxygen atoms in total. The first-order valence-electron chi connectivity index (χ1n) is 6.20. The van der Waals surface area contributed by atoms with Crippen LogP contribution in [0.4, 0.5) is 0 Å². The predicted octanol–water partition coefficient (Wildman–Crippen LogP) is 1.60. The fourth-order valence-electron chi connectivity index (χ4n) is 1.96. The molecule has 0 radical (unpaired) electrons. The first kappa shape index (κ1) is 14.1. The minimum Gasteiger partial charge on any atom is -0.497 e. The molecule has 1 heterocycles. The molecule has 1 N–H and O–H groups in total. The topological polar surface area (TPSA) is 60.7 Å². The third-order valence-corrected chi connectivity index (χ3v) is 3.04. The summed E-state index contributed by atoms with van der Waals surface area (Å²) in [4.78, 5) is 11.0. The lowest BCUT2D eigenvalue weighted by atomic mass is 10.1. The van der Waals surface area contributed by atoms with Gasteiger partial charge in [-0.3, -0.25) is 4.79 Å². The highest BCUT2D eigenvalue weighted by atomic mass is 16.5. The van der Waals surface area contributed by atoms with E-state index in [0.29, 0.717) is 23.6 Å². The molecule has 2 aromatic rings. The number of aromatic nitrogens is 1. The fourth-order valence-corrected chi connectivity index (χ4v) is 1.96. The van der Waals surface area contributed by atoms with Crippen LogP contribution in [0.3, 0.4) is 0 Å². The monoisotopic (exact) mass is 275 g/mol. The van der Waals surface area contributed by atoms with Gasteiger partial charge in [-0.15, -0.1) is 0 Å². The van der Waals surface area contributed by atoms with E-state index < -0.39 is 6.10 Å². The Hall–Kier alpha value is -2.27. The minimum absolute atomic E-state index is 0.0576. The number of pyridine rings is 1. The van der Waals surface area contributed by atoms with Crippen LogP contribution >= 0.6 is 0 Å². The van der Waals surface area contributed by atoms with E-state index in [9.17, 15) is 9.90 Å². The minimum atomic E-state index is -0.738. The number of aliphatic hydroxyl groups is 1. The summed E-state index contributed by atoms with van der Waals surface area (Å²) in [5, 5.41) is 10.3. The van der Waals surface area contributed by atoms with E-state index in [4.69, 9.17) is 9.47 Å². The van der Waals surface area contributed by atoms with E-state index >= 15 is 0 Å². The molecule has 0 aliphatic carbocycles. The molecule has 5 heteroatoms. The number of ether oxygens (including phenoxy) is 2. The SMILES string of the molecule is COc1ccc(C(O)Cn2ccc(=O)cc2)c(OC)c1. The van der Waals surface area contributed by atoms with E-state index in [2.05, 4.69) is 0 Å². The van der Waals surface area contributed by atoms with Crippen molar-refractivity contribution in [1.82, 2.24) is 4.57 Å². The van der Waals surface area contributed by atoms with Gasteiger partial charge in [-0.25, -0.2) is 0 Å². The third-order valence-electron chi connectivity index (χ3n) is 3.04. The van der Waals surface area contributed by atoms with Crippen LogP contribution in [0.1, 0.15) is 11.7 Å². The van der Waals surface area contributed by atoms with Crippen molar-refractivity contribution < 1.29 is 14.6 Å². The summed E-state index contributed by atoms with van der Waals surface area (Å²) in [5.41, 5.74) is 0.616. The number of methoxy groups -OCH3 is 2. The first-order valence-corrected chi connectivity index (χ1v) is 6.20. The van der Waals surface area contributed by atoms with Crippen molar-refractivity contribution in [3.63, 3.8) is 0 Å². The summed E-state index contributed by atoms with van der Waals surface area (Å²) in [7, 11) is 3.12. The van der Waals surface area contributed by atoms with E-state index in [1.807, 2.05) is 0 Å². The second-order valence-electron chi connectivity index (χ2n) is 4.35. The largest absolute Gasteiger partial charge is 0.497 e. The number of hydrogen-bond acceptors (Lipinski definition) is 4. The van der Waals surface area contributed by atoms with Crippen molar-refractivity contribution in [2.24, 2.45) is 0 Å². The van der Waals surface area contributed by atoms with E-state index in [0.717, 1.165) is 0 Å². The average Bonchev–Trinajstić information content (AvgIpc) is 2.48. The third kappa shape index (κ3) is 3.19. The van der Waals surface area contributed by atoms with Gasteiger partial charge in [0.1, 0.15) is 17.6 Å². The van der Waals surface area contributed by atoms with Crippen molar-refractivity contribution >= 4 is 0 Å². The van der Waals surface area contributed by atoms with E-state index in [1.54, 1.807) is 49.4 Å². The maximum atomic E-state index is 11.0. The zero-order chi connectivity index (χ0) is 14.5. The Kier molecular flexibility index (Phi) is 4.42. The molecule has 0 saturated carbocycles. The van der Waals surface area contributed by atoms with Crippen molar-refractivity contribution in [3.05, 3.63) is 58.5 Å². The number of hydrogen-bond donors (Lipinski definition) is 1. The van der Waals surface area contributed by atoms with Crippen molar-refractivity contribution in [3.8, 4) is 11.5 Å². The summed E-state index contributed by atoms with van der Waals surface area (Å²) in [6.07, 6.45) is 2.54. The van der Waals surface area contributed by atoms with Gasteiger partial charge in [0.2, 0.25) is 0 Å². The number of benzene rings is 1. The Morgan fingerprint density at radius 3 is 2.45 bits per heavy atom. The van der Waals surface area contributed by atoms with Gasteiger partial charge in [-0.1, -0.05) is 0 Å². The molecule has 1 aromatic heterocycles. The molecule has 20 heavy (non-hydrogen) atoms. The molecular weight excluding hydrogens is 258 g/mol. The highest BCUT2D eigenvalue weighted by molar-refractivity contribution is 5.41. The van der Waals surface area contributed by atoms with Gasteiger partial charge in [-0.2, -0.15) is 0 Å². The Morgan fingerprint density at radius 2 is 1.85 bits per heavy atom. The second-order valence-corrected chi connectivity index (χ2v) is 4.35. The molecule has 0 spiro atoms. The van der Waals surface area contributed by atoms with Crippen LogP contribution in [0.15, 0.2) is 47.5 Å². The quantitative estimate of drug-likeness (QED) is 0.900. The number of nitrogens with zero attached hydrogens (tertiary/aromatic N) is 1. The summed E-state index contributed by atoms with van der Waals surface area (Å²) < 4.78 is 12.1. The van der Waals surface area contributed by atoms with Crippen LogP contribution in [0.2, 0.25) is 0 Å². The van der Waals surface area contributed by atoms with Crippen LogP contribution < -0.4 is 14.9 Å². The summed E-state index contributed by atoms with van der Waals surface area (Å²) in [6, 6.07) is 8.18. The molecule has 1 aromatic carbocycles. The van der Waals surface area contributed by atoms with Crippen molar-refractivity contribution in [1.29, 1.82) is 0 Å². The Bertz CT molecular complexity index is 616. The van der Waals surface area contributed by atoms with Crippen LogP contribution in [-0.2, 0) is 6.54 Å². The predicted molar refractivity (Wildman–Crippen MR) is 75.2 cm³/mol. The van der Waals surface area contributed by atoms with Crippen LogP contribution in [-0.4, -0.2) is 23.9 Å². The molecule has 1 unspecified atom stereocenters. The van der Waals surface area contributed by atoms with Gasteiger partial charge in [0.15, 0.2) is 5.43 Å². The average molecular weight is 275 g/mol. The Morgan fingerprint density at radius 1 is 1.15 bits per heavy atom. The molecule has 0 aliphatic heterocycles.